The number of anilines is 1. The van der Waals surface area contributed by atoms with Crippen molar-refractivity contribution in [2.24, 2.45) is 0 Å². The van der Waals surface area contributed by atoms with Crippen LogP contribution in [0, 0.1) is 9.39 Å². The summed E-state index contributed by atoms with van der Waals surface area (Å²) in [5.74, 6) is -0.00936. The fourth-order valence-corrected chi connectivity index (χ4v) is 2.60. The minimum absolute atomic E-state index is 0.00121. The number of benzene rings is 2. The highest BCUT2D eigenvalue weighted by Gasteiger charge is 2.16. The second-order valence-corrected chi connectivity index (χ2v) is 5.84. The topological polar surface area (TPSA) is 47.6 Å². The molecule has 0 saturated carbocycles. The van der Waals surface area contributed by atoms with Gasteiger partial charge in [0.25, 0.3) is 5.91 Å². The quantitative estimate of drug-likeness (QED) is 0.726. The number of halogens is 3. The summed E-state index contributed by atoms with van der Waals surface area (Å²) in [6.45, 7) is 0. The molecule has 1 N–H and O–H groups in total. The summed E-state index contributed by atoms with van der Waals surface area (Å²) in [6.07, 6.45) is 0. The van der Waals surface area contributed by atoms with Gasteiger partial charge in [-0.3, -0.25) is 4.79 Å². The van der Waals surface area contributed by atoms with Crippen LogP contribution in [0.2, 0.25) is 5.02 Å². The molecule has 22 heavy (non-hydrogen) atoms. The highest BCUT2D eigenvalue weighted by molar-refractivity contribution is 14.1. The van der Waals surface area contributed by atoms with E-state index in [1.54, 1.807) is 12.1 Å². The number of hydrogen-bond acceptors (Lipinski definition) is 3. The van der Waals surface area contributed by atoms with Gasteiger partial charge in [0, 0.05) is 9.26 Å². The van der Waals surface area contributed by atoms with Crippen molar-refractivity contribution >= 4 is 45.8 Å². The molecular formula is C15H12ClFINO3. The van der Waals surface area contributed by atoms with Gasteiger partial charge >= 0.3 is 0 Å². The number of ether oxygens (including phenoxy) is 2. The van der Waals surface area contributed by atoms with Crippen LogP contribution in [0.5, 0.6) is 11.5 Å². The summed E-state index contributed by atoms with van der Waals surface area (Å²) in [6, 6.07) is 7.33. The maximum atomic E-state index is 13.4. The molecule has 2 aromatic carbocycles. The third kappa shape index (κ3) is 3.61. The van der Waals surface area contributed by atoms with Crippen molar-refractivity contribution in [2.75, 3.05) is 19.5 Å². The molecule has 0 unspecified atom stereocenters. The Kier molecular flexibility index (Phi) is 5.47. The Labute approximate surface area is 145 Å². The fourth-order valence-electron chi connectivity index (χ4n) is 1.80. The monoisotopic (exact) mass is 435 g/mol. The first kappa shape index (κ1) is 16.8. The average molecular weight is 436 g/mol. The van der Waals surface area contributed by atoms with E-state index in [2.05, 4.69) is 5.32 Å². The lowest BCUT2D eigenvalue weighted by Gasteiger charge is -2.12. The molecule has 116 valence electrons. The number of methoxy groups -OCH3 is 2. The SMILES string of the molecule is COc1cc(I)c(C(=O)Nc2ccc(Cl)c(F)c2)cc1OC. The normalized spacial score (nSPS) is 10.2. The molecule has 0 aliphatic carbocycles. The third-order valence-corrected chi connectivity index (χ3v) is 4.09. The van der Waals surface area contributed by atoms with Crippen molar-refractivity contribution < 1.29 is 18.7 Å². The molecule has 0 aromatic heterocycles. The highest BCUT2D eigenvalue weighted by atomic mass is 127. The molecule has 0 aliphatic rings. The minimum atomic E-state index is -0.596. The largest absolute Gasteiger partial charge is 0.493 e. The van der Waals surface area contributed by atoms with E-state index >= 15 is 0 Å². The van der Waals surface area contributed by atoms with E-state index in [9.17, 15) is 9.18 Å². The summed E-state index contributed by atoms with van der Waals surface area (Å²) in [4.78, 5) is 12.3. The maximum absolute atomic E-state index is 13.4. The van der Waals surface area contributed by atoms with Gasteiger partial charge in [0.1, 0.15) is 5.82 Å². The lowest BCUT2D eigenvalue weighted by molar-refractivity contribution is 0.102. The summed E-state index contributed by atoms with van der Waals surface area (Å²) < 4.78 is 24.4. The molecular weight excluding hydrogens is 424 g/mol. The van der Waals surface area contributed by atoms with Crippen molar-refractivity contribution in [1.82, 2.24) is 0 Å². The molecule has 0 bridgehead atoms. The van der Waals surface area contributed by atoms with Crippen LogP contribution >= 0.6 is 34.2 Å². The predicted octanol–water partition coefficient (Wildman–Crippen LogP) is 4.35. The Morgan fingerprint density at radius 1 is 1.18 bits per heavy atom. The molecule has 0 saturated heterocycles. The van der Waals surface area contributed by atoms with Crippen molar-refractivity contribution in [2.45, 2.75) is 0 Å². The van der Waals surface area contributed by atoms with Gasteiger partial charge in [0.2, 0.25) is 0 Å². The molecule has 0 heterocycles. The number of rotatable bonds is 4. The Bertz CT molecular complexity index is 724. The van der Waals surface area contributed by atoms with Crippen LogP contribution in [0.25, 0.3) is 0 Å². The van der Waals surface area contributed by atoms with Crippen LogP contribution in [-0.2, 0) is 0 Å². The van der Waals surface area contributed by atoms with Crippen LogP contribution in [0.1, 0.15) is 10.4 Å². The number of nitrogens with one attached hydrogen (secondary N) is 1. The first-order valence-corrected chi connectivity index (χ1v) is 7.60. The van der Waals surface area contributed by atoms with Gasteiger partial charge in [-0.1, -0.05) is 11.6 Å². The van der Waals surface area contributed by atoms with Crippen LogP contribution < -0.4 is 14.8 Å². The standard InChI is InChI=1S/C15H12ClFINO3/c1-21-13-6-9(12(18)7-14(13)22-2)15(20)19-8-3-4-10(16)11(17)5-8/h3-7H,1-2H3,(H,19,20). The van der Waals surface area contributed by atoms with Crippen LogP contribution in [0.3, 0.4) is 0 Å². The summed E-state index contributed by atoms with van der Waals surface area (Å²) in [5.41, 5.74) is 0.714. The number of amides is 1. The lowest BCUT2D eigenvalue weighted by Crippen LogP contribution is -2.14. The average Bonchev–Trinajstić information content (AvgIpc) is 2.50. The van der Waals surface area contributed by atoms with Gasteiger partial charge in [-0.05, 0) is 52.9 Å². The molecule has 7 heteroatoms. The van der Waals surface area contributed by atoms with E-state index in [0.717, 1.165) is 6.07 Å². The Morgan fingerprint density at radius 2 is 1.82 bits per heavy atom. The number of carbonyl (C=O) groups excluding carboxylic acids is 1. The fraction of sp³-hybridized carbons (Fsp3) is 0.133. The van der Waals surface area contributed by atoms with E-state index in [1.807, 2.05) is 22.6 Å². The first-order chi connectivity index (χ1) is 10.5. The van der Waals surface area contributed by atoms with E-state index in [4.69, 9.17) is 21.1 Å². The van der Waals surface area contributed by atoms with Gasteiger partial charge < -0.3 is 14.8 Å². The van der Waals surface area contributed by atoms with Crippen LogP contribution in [-0.4, -0.2) is 20.1 Å². The zero-order valence-corrected chi connectivity index (χ0v) is 14.7. The molecule has 0 fully saturated rings. The van der Waals surface area contributed by atoms with Crippen molar-refractivity contribution in [3.8, 4) is 11.5 Å². The molecule has 2 rings (SSSR count). The predicted molar refractivity (Wildman–Crippen MR) is 91.6 cm³/mol. The highest BCUT2D eigenvalue weighted by Crippen LogP contribution is 2.31. The molecule has 0 aliphatic heterocycles. The van der Waals surface area contributed by atoms with E-state index in [-0.39, 0.29) is 10.9 Å². The molecule has 0 radical (unpaired) electrons. The maximum Gasteiger partial charge on any atom is 0.256 e. The van der Waals surface area contributed by atoms with E-state index in [1.165, 1.54) is 26.4 Å². The van der Waals surface area contributed by atoms with Gasteiger partial charge in [0.05, 0.1) is 24.8 Å². The lowest BCUT2D eigenvalue weighted by atomic mass is 10.2. The Balaban J connectivity index is 2.31. The number of hydrogen-bond donors (Lipinski definition) is 1. The van der Waals surface area contributed by atoms with Crippen molar-refractivity contribution in [3.05, 3.63) is 50.3 Å². The molecule has 1 amide bonds. The first-order valence-electron chi connectivity index (χ1n) is 6.14. The van der Waals surface area contributed by atoms with Gasteiger partial charge in [-0.15, -0.1) is 0 Å². The summed E-state index contributed by atoms with van der Waals surface area (Å²) in [7, 11) is 3.01. The number of carbonyl (C=O) groups is 1. The minimum Gasteiger partial charge on any atom is -0.493 e. The van der Waals surface area contributed by atoms with Crippen molar-refractivity contribution in [1.29, 1.82) is 0 Å². The van der Waals surface area contributed by atoms with Gasteiger partial charge in [-0.25, -0.2) is 4.39 Å². The second-order valence-electron chi connectivity index (χ2n) is 4.27. The zero-order valence-electron chi connectivity index (χ0n) is 11.7. The third-order valence-electron chi connectivity index (χ3n) is 2.90. The van der Waals surface area contributed by atoms with Gasteiger partial charge in [0.15, 0.2) is 11.5 Å². The summed E-state index contributed by atoms with van der Waals surface area (Å²) in [5, 5.41) is 2.62. The second kappa shape index (κ2) is 7.15. The zero-order chi connectivity index (χ0) is 16.3. The van der Waals surface area contributed by atoms with E-state index < -0.39 is 5.82 Å². The van der Waals surface area contributed by atoms with E-state index in [0.29, 0.717) is 26.3 Å². The van der Waals surface area contributed by atoms with Crippen LogP contribution in [0.15, 0.2) is 30.3 Å². The molecule has 4 nitrogen and oxygen atoms in total. The molecule has 0 spiro atoms. The van der Waals surface area contributed by atoms with Crippen molar-refractivity contribution in [3.63, 3.8) is 0 Å². The molecule has 2 aromatic rings. The van der Waals surface area contributed by atoms with Crippen LogP contribution in [0.4, 0.5) is 10.1 Å². The Morgan fingerprint density at radius 3 is 2.41 bits per heavy atom. The Hall–Kier alpha value is -1.54. The molecule has 0 atom stereocenters. The van der Waals surface area contributed by atoms with Gasteiger partial charge in [-0.2, -0.15) is 0 Å². The summed E-state index contributed by atoms with van der Waals surface area (Å²) >= 11 is 7.63. The smallest absolute Gasteiger partial charge is 0.256 e.